The van der Waals surface area contributed by atoms with Gasteiger partial charge in [0.25, 0.3) is 0 Å². The molecule has 1 unspecified atom stereocenters. The molecule has 1 aromatic carbocycles. The van der Waals surface area contributed by atoms with E-state index < -0.39 is 6.10 Å². The van der Waals surface area contributed by atoms with Crippen LogP contribution in [0.25, 0.3) is 0 Å². The second kappa shape index (κ2) is 6.58. The van der Waals surface area contributed by atoms with Crippen LogP contribution in [0.15, 0.2) is 34.9 Å². The van der Waals surface area contributed by atoms with E-state index in [1.54, 1.807) is 12.1 Å². The summed E-state index contributed by atoms with van der Waals surface area (Å²) >= 11 is 0. The number of hydrogen-bond acceptors (Lipinski definition) is 4. The van der Waals surface area contributed by atoms with Gasteiger partial charge in [0, 0.05) is 12.6 Å². The Bertz CT molecular complexity index is 603. The Morgan fingerprint density at radius 2 is 2.00 bits per heavy atom. The molecule has 0 amide bonds. The van der Waals surface area contributed by atoms with E-state index in [9.17, 15) is 9.50 Å². The topological polar surface area (TPSA) is 49.5 Å². The van der Waals surface area contributed by atoms with E-state index in [0.29, 0.717) is 0 Å². The minimum absolute atomic E-state index is 0.223. The Hall–Kier alpha value is -1.72. The molecule has 22 heavy (non-hydrogen) atoms. The van der Waals surface area contributed by atoms with Gasteiger partial charge in [-0.25, -0.2) is 4.39 Å². The average molecular weight is 304 g/mol. The molecule has 3 rings (SSSR count). The van der Waals surface area contributed by atoms with Gasteiger partial charge in [-0.1, -0.05) is 17.3 Å². The van der Waals surface area contributed by atoms with Crippen LogP contribution in [0.4, 0.5) is 4.39 Å². The molecule has 1 N–H and O–H groups in total. The van der Waals surface area contributed by atoms with E-state index in [-0.39, 0.29) is 11.7 Å². The maximum Gasteiger partial charge on any atom is 0.133 e. The molecule has 0 spiro atoms. The molecule has 0 aliphatic carbocycles. The van der Waals surface area contributed by atoms with Gasteiger partial charge in [0.1, 0.15) is 11.6 Å². The maximum absolute atomic E-state index is 13.0. The highest BCUT2D eigenvalue weighted by Gasteiger charge is 2.26. The Morgan fingerprint density at radius 3 is 2.59 bits per heavy atom. The van der Waals surface area contributed by atoms with Crippen molar-refractivity contribution in [2.45, 2.75) is 32.4 Å². The van der Waals surface area contributed by atoms with Crippen LogP contribution in [0.3, 0.4) is 0 Å². The van der Waals surface area contributed by atoms with E-state index in [1.807, 2.05) is 13.0 Å². The fourth-order valence-electron chi connectivity index (χ4n) is 3.08. The molecule has 1 atom stereocenters. The number of rotatable bonds is 4. The zero-order chi connectivity index (χ0) is 15.5. The van der Waals surface area contributed by atoms with Gasteiger partial charge < -0.3 is 9.63 Å². The van der Waals surface area contributed by atoms with Gasteiger partial charge >= 0.3 is 0 Å². The van der Waals surface area contributed by atoms with Crippen LogP contribution in [-0.2, 0) is 6.54 Å². The first-order valence-electron chi connectivity index (χ1n) is 7.70. The maximum atomic E-state index is 13.0. The number of piperidine rings is 1. The number of hydrogen-bond donors (Lipinski definition) is 1. The van der Waals surface area contributed by atoms with Crippen LogP contribution in [0.1, 0.15) is 36.0 Å². The number of halogens is 1. The van der Waals surface area contributed by atoms with Crippen molar-refractivity contribution in [3.05, 3.63) is 53.2 Å². The highest BCUT2D eigenvalue weighted by atomic mass is 19.1. The average Bonchev–Trinajstić information content (AvgIpc) is 2.93. The number of likely N-dealkylation sites (tertiary alicyclic amines) is 1. The van der Waals surface area contributed by atoms with Crippen molar-refractivity contribution < 1.29 is 14.0 Å². The van der Waals surface area contributed by atoms with Crippen molar-refractivity contribution in [1.82, 2.24) is 10.1 Å². The van der Waals surface area contributed by atoms with Crippen LogP contribution in [0.5, 0.6) is 0 Å². The van der Waals surface area contributed by atoms with Gasteiger partial charge in [0.15, 0.2) is 0 Å². The SMILES string of the molecule is Cc1cc(CN2CCC(C(O)c3ccc(F)cc3)CC2)no1. The smallest absolute Gasteiger partial charge is 0.133 e. The molecule has 2 aromatic rings. The normalized spacial score (nSPS) is 18.5. The monoisotopic (exact) mass is 304 g/mol. The first-order valence-corrected chi connectivity index (χ1v) is 7.70. The van der Waals surface area contributed by atoms with E-state index >= 15 is 0 Å². The van der Waals surface area contributed by atoms with Crippen LogP contribution >= 0.6 is 0 Å². The molecule has 5 heteroatoms. The summed E-state index contributed by atoms with van der Waals surface area (Å²) in [6.45, 7) is 4.53. The Kier molecular flexibility index (Phi) is 4.55. The van der Waals surface area contributed by atoms with Crippen molar-refractivity contribution in [1.29, 1.82) is 0 Å². The Balaban J connectivity index is 1.53. The molecule has 0 saturated carbocycles. The lowest BCUT2D eigenvalue weighted by atomic mass is 9.87. The summed E-state index contributed by atoms with van der Waals surface area (Å²) in [6, 6.07) is 8.11. The lowest BCUT2D eigenvalue weighted by Gasteiger charge is -2.33. The molecule has 1 aliphatic heterocycles. The summed E-state index contributed by atoms with van der Waals surface area (Å²) in [4.78, 5) is 2.32. The van der Waals surface area contributed by atoms with Crippen molar-refractivity contribution in [2.24, 2.45) is 5.92 Å². The van der Waals surface area contributed by atoms with Crippen molar-refractivity contribution in [3.8, 4) is 0 Å². The molecular formula is C17H21FN2O2. The van der Waals surface area contributed by atoms with Crippen LogP contribution in [0, 0.1) is 18.7 Å². The number of aryl methyl sites for hydroxylation is 1. The molecule has 1 aliphatic rings. The van der Waals surface area contributed by atoms with E-state index in [1.165, 1.54) is 12.1 Å². The van der Waals surface area contributed by atoms with Gasteiger partial charge in [-0.15, -0.1) is 0 Å². The minimum atomic E-state index is -0.517. The fraction of sp³-hybridized carbons (Fsp3) is 0.471. The largest absolute Gasteiger partial charge is 0.388 e. The van der Waals surface area contributed by atoms with Crippen LogP contribution in [-0.4, -0.2) is 28.3 Å². The van der Waals surface area contributed by atoms with Crippen molar-refractivity contribution >= 4 is 0 Å². The summed E-state index contributed by atoms with van der Waals surface area (Å²) in [6.07, 6.45) is 1.34. The molecule has 1 fully saturated rings. The number of aliphatic hydroxyl groups is 1. The Labute approximate surface area is 129 Å². The zero-order valence-corrected chi connectivity index (χ0v) is 12.7. The summed E-state index contributed by atoms with van der Waals surface area (Å²) in [5.74, 6) is 0.783. The third-order valence-electron chi connectivity index (χ3n) is 4.35. The lowest BCUT2D eigenvalue weighted by Crippen LogP contribution is -2.35. The number of nitrogens with zero attached hydrogens (tertiary/aromatic N) is 2. The minimum Gasteiger partial charge on any atom is -0.388 e. The van der Waals surface area contributed by atoms with E-state index in [0.717, 1.165) is 49.5 Å². The third-order valence-corrected chi connectivity index (χ3v) is 4.35. The van der Waals surface area contributed by atoms with Gasteiger partial charge in [-0.05, 0) is 56.5 Å². The first kappa shape index (κ1) is 15.2. The second-order valence-electron chi connectivity index (χ2n) is 6.04. The zero-order valence-electron chi connectivity index (χ0n) is 12.7. The summed E-state index contributed by atoms with van der Waals surface area (Å²) < 4.78 is 18.0. The molecule has 0 bridgehead atoms. The second-order valence-corrected chi connectivity index (χ2v) is 6.04. The third kappa shape index (κ3) is 3.54. The Morgan fingerprint density at radius 1 is 1.32 bits per heavy atom. The molecule has 2 heterocycles. The van der Waals surface area contributed by atoms with E-state index in [2.05, 4.69) is 10.1 Å². The van der Waals surface area contributed by atoms with Crippen LogP contribution in [0.2, 0.25) is 0 Å². The highest BCUT2D eigenvalue weighted by molar-refractivity contribution is 5.19. The molecular weight excluding hydrogens is 283 g/mol. The summed E-state index contributed by atoms with van der Waals surface area (Å²) in [5, 5.41) is 14.5. The molecule has 0 radical (unpaired) electrons. The van der Waals surface area contributed by atoms with Gasteiger partial charge in [-0.3, -0.25) is 4.90 Å². The van der Waals surface area contributed by atoms with Gasteiger partial charge in [-0.2, -0.15) is 0 Å². The highest BCUT2D eigenvalue weighted by Crippen LogP contribution is 2.31. The predicted molar refractivity (Wildman–Crippen MR) is 80.6 cm³/mol. The van der Waals surface area contributed by atoms with Crippen molar-refractivity contribution in [2.75, 3.05) is 13.1 Å². The predicted octanol–water partition coefficient (Wildman–Crippen LogP) is 3.07. The number of aromatic nitrogens is 1. The van der Waals surface area contributed by atoms with Crippen LogP contribution < -0.4 is 0 Å². The standard InChI is InChI=1S/C17H21FN2O2/c1-12-10-16(19-22-12)11-20-8-6-14(7-9-20)17(21)13-2-4-15(18)5-3-13/h2-5,10,14,17,21H,6-9,11H2,1H3. The van der Waals surface area contributed by atoms with Gasteiger partial charge in [0.05, 0.1) is 11.8 Å². The summed E-state index contributed by atoms with van der Waals surface area (Å²) in [5.41, 5.74) is 1.75. The first-order chi connectivity index (χ1) is 10.6. The molecule has 1 aromatic heterocycles. The summed E-state index contributed by atoms with van der Waals surface area (Å²) in [7, 11) is 0. The van der Waals surface area contributed by atoms with Crippen molar-refractivity contribution in [3.63, 3.8) is 0 Å². The lowest BCUT2D eigenvalue weighted by molar-refractivity contribution is 0.0561. The van der Waals surface area contributed by atoms with E-state index in [4.69, 9.17) is 4.52 Å². The number of benzene rings is 1. The molecule has 4 nitrogen and oxygen atoms in total. The van der Waals surface area contributed by atoms with Gasteiger partial charge in [0.2, 0.25) is 0 Å². The molecule has 118 valence electrons. The number of aliphatic hydroxyl groups excluding tert-OH is 1. The molecule has 1 saturated heterocycles. The fourth-order valence-corrected chi connectivity index (χ4v) is 3.08. The quantitative estimate of drug-likeness (QED) is 0.943.